The average molecular weight is 280 g/mol. The predicted molar refractivity (Wildman–Crippen MR) is 76.3 cm³/mol. The highest BCUT2D eigenvalue weighted by Gasteiger charge is 2.30. The van der Waals surface area contributed by atoms with E-state index in [9.17, 15) is 19.8 Å². The van der Waals surface area contributed by atoms with Crippen LogP contribution in [-0.2, 0) is 0 Å². The van der Waals surface area contributed by atoms with Crippen LogP contribution in [0.15, 0.2) is 60.2 Å². The third kappa shape index (κ3) is 2.15. The number of Topliss-reactive ketones (excluding diaryl/α,β-unsaturated/α-hetero) is 1. The molecule has 1 atom stereocenters. The van der Waals surface area contributed by atoms with E-state index in [4.69, 9.17) is 0 Å². The molecule has 2 N–H and O–H groups in total. The molecule has 0 heterocycles. The number of aliphatic hydroxyl groups is 1. The van der Waals surface area contributed by atoms with Gasteiger partial charge in [-0.2, -0.15) is 0 Å². The molecule has 0 aromatic heterocycles. The molecular formula is C17H12O4. The lowest BCUT2D eigenvalue weighted by molar-refractivity contribution is 0.0946. The van der Waals surface area contributed by atoms with Crippen LogP contribution < -0.4 is 0 Å². The summed E-state index contributed by atoms with van der Waals surface area (Å²) in [6, 6.07) is 12.7. The average Bonchev–Trinajstić information content (AvgIpc) is 2.51. The molecule has 4 nitrogen and oxygen atoms in total. The van der Waals surface area contributed by atoms with Gasteiger partial charge in [-0.3, -0.25) is 9.59 Å². The number of hydrogen-bond acceptors (Lipinski definition) is 4. The molecule has 0 amide bonds. The molecule has 2 aromatic carbocycles. The summed E-state index contributed by atoms with van der Waals surface area (Å²) in [4.78, 5) is 24.5. The Kier molecular flexibility index (Phi) is 3.16. The lowest BCUT2D eigenvalue weighted by atomic mass is 9.85. The molecule has 3 rings (SSSR count). The molecule has 0 unspecified atom stereocenters. The van der Waals surface area contributed by atoms with Crippen molar-refractivity contribution in [3.05, 3.63) is 76.9 Å². The second-order valence-electron chi connectivity index (χ2n) is 4.80. The summed E-state index contributed by atoms with van der Waals surface area (Å²) in [5.41, 5.74) is 0.773. The fourth-order valence-corrected chi connectivity index (χ4v) is 2.43. The summed E-state index contributed by atoms with van der Waals surface area (Å²) in [6.45, 7) is 0. The third-order valence-corrected chi connectivity index (χ3v) is 3.51. The summed E-state index contributed by atoms with van der Waals surface area (Å²) in [5.74, 6) is -0.847. The first-order chi connectivity index (χ1) is 10.1. The van der Waals surface area contributed by atoms with Crippen LogP contribution in [0.2, 0.25) is 0 Å². The van der Waals surface area contributed by atoms with Crippen LogP contribution in [0.3, 0.4) is 0 Å². The van der Waals surface area contributed by atoms with E-state index < -0.39 is 11.9 Å². The Morgan fingerprint density at radius 1 is 0.857 bits per heavy atom. The number of fused-ring (bicyclic) bond motifs is 1. The predicted octanol–water partition coefficient (Wildman–Crippen LogP) is 2.43. The van der Waals surface area contributed by atoms with Crippen LogP contribution in [0.25, 0.3) is 0 Å². The van der Waals surface area contributed by atoms with Crippen LogP contribution in [0.5, 0.6) is 5.75 Å². The van der Waals surface area contributed by atoms with Crippen molar-refractivity contribution in [2.75, 3.05) is 0 Å². The van der Waals surface area contributed by atoms with E-state index in [-0.39, 0.29) is 28.2 Å². The molecule has 0 saturated heterocycles. The van der Waals surface area contributed by atoms with Gasteiger partial charge in [-0.15, -0.1) is 0 Å². The summed E-state index contributed by atoms with van der Waals surface area (Å²) < 4.78 is 0. The van der Waals surface area contributed by atoms with Gasteiger partial charge in [0, 0.05) is 22.3 Å². The Morgan fingerprint density at radius 3 is 2.19 bits per heavy atom. The quantitative estimate of drug-likeness (QED) is 0.886. The van der Waals surface area contributed by atoms with Gasteiger partial charge < -0.3 is 10.2 Å². The van der Waals surface area contributed by atoms with E-state index in [0.29, 0.717) is 5.56 Å². The minimum Gasteiger partial charge on any atom is -0.508 e. The summed E-state index contributed by atoms with van der Waals surface area (Å²) in [7, 11) is 0. The maximum absolute atomic E-state index is 12.4. The number of aromatic hydroxyl groups is 1. The molecule has 0 spiro atoms. The number of phenols is 1. The molecule has 0 aliphatic heterocycles. The first-order valence-electron chi connectivity index (χ1n) is 6.45. The second-order valence-corrected chi connectivity index (χ2v) is 4.80. The Balaban J connectivity index is 2.07. The lowest BCUT2D eigenvalue weighted by Crippen LogP contribution is -2.21. The van der Waals surface area contributed by atoms with Gasteiger partial charge in [0.15, 0.2) is 11.6 Å². The van der Waals surface area contributed by atoms with Crippen LogP contribution in [0.1, 0.15) is 32.4 Å². The smallest absolute Gasteiger partial charge is 0.192 e. The first kappa shape index (κ1) is 13.3. The van der Waals surface area contributed by atoms with E-state index in [1.54, 1.807) is 36.4 Å². The fraction of sp³-hybridized carbons (Fsp3) is 0.0588. The van der Waals surface area contributed by atoms with E-state index in [2.05, 4.69) is 0 Å². The highest BCUT2D eigenvalue weighted by atomic mass is 16.3. The molecular weight excluding hydrogens is 268 g/mol. The van der Waals surface area contributed by atoms with Gasteiger partial charge in [-0.25, -0.2) is 0 Å². The number of ketones is 2. The fourth-order valence-electron chi connectivity index (χ4n) is 2.43. The Hall–Kier alpha value is -2.72. The zero-order valence-corrected chi connectivity index (χ0v) is 11.0. The number of aliphatic hydroxyl groups excluding tert-OH is 1. The molecule has 1 aliphatic carbocycles. The summed E-state index contributed by atoms with van der Waals surface area (Å²) >= 11 is 0. The van der Waals surface area contributed by atoms with Gasteiger partial charge in [0.1, 0.15) is 11.9 Å². The van der Waals surface area contributed by atoms with Crippen LogP contribution in [-0.4, -0.2) is 21.8 Å². The zero-order chi connectivity index (χ0) is 15.0. The number of allylic oxidation sites excluding steroid dienone is 1. The van der Waals surface area contributed by atoms with E-state index in [0.717, 1.165) is 6.08 Å². The highest BCUT2D eigenvalue weighted by Crippen LogP contribution is 2.33. The number of carbonyl (C=O) groups is 2. The Morgan fingerprint density at radius 2 is 1.48 bits per heavy atom. The van der Waals surface area contributed by atoms with E-state index in [1.807, 2.05) is 0 Å². The summed E-state index contributed by atoms with van der Waals surface area (Å²) in [5, 5.41) is 20.1. The Bertz CT molecular complexity index is 774. The third-order valence-electron chi connectivity index (χ3n) is 3.51. The van der Waals surface area contributed by atoms with E-state index in [1.165, 1.54) is 12.1 Å². The first-order valence-corrected chi connectivity index (χ1v) is 6.45. The lowest BCUT2D eigenvalue weighted by Gasteiger charge is -2.20. The van der Waals surface area contributed by atoms with Crippen molar-refractivity contribution in [1.82, 2.24) is 0 Å². The molecule has 0 bridgehead atoms. The van der Waals surface area contributed by atoms with Gasteiger partial charge in [0.2, 0.25) is 0 Å². The van der Waals surface area contributed by atoms with Gasteiger partial charge in [0.25, 0.3) is 0 Å². The molecule has 1 aliphatic rings. The van der Waals surface area contributed by atoms with Crippen molar-refractivity contribution < 1.29 is 19.8 Å². The maximum atomic E-state index is 12.4. The van der Waals surface area contributed by atoms with Crippen molar-refractivity contribution in [3.8, 4) is 5.75 Å². The number of hydrogen-bond donors (Lipinski definition) is 2. The topological polar surface area (TPSA) is 74.6 Å². The Labute approximate surface area is 121 Å². The van der Waals surface area contributed by atoms with Crippen molar-refractivity contribution >= 4 is 11.6 Å². The molecule has 104 valence electrons. The summed E-state index contributed by atoms with van der Waals surface area (Å²) in [6.07, 6.45) is -0.196. The molecule has 0 saturated carbocycles. The number of para-hydroxylation sites is 1. The van der Waals surface area contributed by atoms with Gasteiger partial charge in [-0.1, -0.05) is 42.5 Å². The minimum atomic E-state index is -1.34. The minimum absolute atomic E-state index is 0.0276. The normalized spacial score (nSPS) is 15.4. The number of benzene rings is 2. The number of carbonyl (C=O) groups excluding carboxylic acids is 2. The van der Waals surface area contributed by atoms with Crippen molar-refractivity contribution in [2.24, 2.45) is 0 Å². The largest absolute Gasteiger partial charge is 0.508 e. The van der Waals surface area contributed by atoms with E-state index >= 15 is 0 Å². The molecule has 0 radical (unpaired) electrons. The van der Waals surface area contributed by atoms with Gasteiger partial charge >= 0.3 is 0 Å². The molecule has 21 heavy (non-hydrogen) atoms. The second kappa shape index (κ2) is 5.00. The van der Waals surface area contributed by atoms with Crippen molar-refractivity contribution in [1.29, 1.82) is 0 Å². The van der Waals surface area contributed by atoms with Gasteiger partial charge in [-0.05, 0) is 12.1 Å². The highest BCUT2D eigenvalue weighted by molar-refractivity contribution is 6.24. The standard InChI is InChI=1S/C17H12O4/c18-14-8-4-3-7-12(14)17(21)13-9-15(19)10-5-1-2-6-11(10)16(13)20/h1-9,17-18,21H/t17-/m0/s1. The van der Waals surface area contributed by atoms with Crippen molar-refractivity contribution in [2.45, 2.75) is 6.10 Å². The molecule has 2 aromatic rings. The monoisotopic (exact) mass is 280 g/mol. The molecule has 4 heteroatoms. The van der Waals surface area contributed by atoms with Crippen molar-refractivity contribution in [3.63, 3.8) is 0 Å². The van der Waals surface area contributed by atoms with Crippen LogP contribution >= 0.6 is 0 Å². The van der Waals surface area contributed by atoms with Crippen LogP contribution in [0.4, 0.5) is 0 Å². The SMILES string of the molecule is O=C1C=C([C@@H](O)c2ccccc2O)C(=O)c2ccccc21. The molecule has 0 fully saturated rings. The van der Waals surface area contributed by atoms with Crippen LogP contribution in [0, 0.1) is 0 Å². The number of rotatable bonds is 2. The number of phenolic OH excluding ortho intramolecular Hbond substituents is 1. The zero-order valence-electron chi connectivity index (χ0n) is 11.0. The maximum Gasteiger partial charge on any atom is 0.192 e. The van der Waals surface area contributed by atoms with Gasteiger partial charge in [0.05, 0.1) is 0 Å².